The van der Waals surface area contributed by atoms with Crippen LogP contribution < -0.4 is 64.4 Å². The molecule has 0 fully saturated rings. The second-order valence-corrected chi connectivity index (χ2v) is 6.11. The molecule has 2 aromatic carbocycles. The predicted octanol–water partition coefficient (Wildman–Crippen LogP) is -5.00. The molecule has 0 saturated heterocycles. The summed E-state index contributed by atoms with van der Waals surface area (Å²) >= 11 is 0.625. The van der Waals surface area contributed by atoms with Crippen molar-refractivity contribution < 1.29 is 91.8 Å². The van der Waals surface area contributed by atoms with E-state index in [9.17, 15) is 23.3 Å². The van der Waals surface area contributed by atoms with E-state index in [0.717, 1.165) is 12.1 Å². The number of rotatable bonds is 4. The Kier molecular flexibility index (Phi) is 9.48. The van der Waals surface area contributed by atoms with E-state index in [-0.39, 0.29) is 64.9 Å². The van der Waals surface area contributed by atoms with Gasteiger partial charge in [0.2, 0.25) is 0 Å². The molecule has 0 unspecified atom stereocenters. The third-order valence-electron chi connectivity index (χ3n) is 2.62. The van der Waals surface area contributed by atoms with E-state index in [1.165, 1.54) is 6.07 Å². The molecule has 2 rings (SSSR count). The number of aryl methyl sites for hydroxylation is 1. The van der Waals surface area contributed by atoms with E-state index in [1.807, 2.05) is 0 Å². The molecule has 0 aromatic heterocycles. The monoisotopic (exact) mass is 362 g/mol. The van der Waals surface area contributed by atoms with Crippen LogP contribution in [0.4, 0.5) is 0 Å². The van der Waals surface area contributed by atoms with Gasteiger partial charge in [0, 0.05) is 10.3 Å². The van der Waals surface area contributed by atoms with Gasteiger partial charge in [0.1, 0.15) is 15.9 Å². The smallest absolute Gasteiger partial charge is 0.744 e. The molecule has 7 nitrogen and oxygen atoms in total. The van der Waals surface area contributed by atoms with E-state index < -0.39 is 15.0 Å². The van der Waals surface area contributed by atoms with Crippen LogP contribution in [0, 0.1) is 6.92 Å². The maximum atomic E-state index is 11.0. The molecule has 22 heavy (non-hydrogen) atoms. The Morgan fingerprint density at radius 3 is 2.36 bits per heavy atom. The van der Waals surface area contributed by atoms with Crippen molar-refractivity contribution in [2.24, 2.45) is 0 Å². The van der Waals surface area contributed by atoms with Gasteiger partial charge in [-0.05, 0) is 42.1 Å². The average Bonchev–Trinajstić information content (AvgIpc) is 2.34. The van der Waals surface area contributed by atoms with Crippen LogP contribution in [-0.4, -0.2) is 18.1 Å². The van der Waals surface area contributed by atoms with Crippen molar-refractivity contribution in [2.45, 2.75) is 16.7 Å². The van der Waals surface area contributed by atoms with Gasteiger partial charge in [-0.15, -0.1) is 0 Å². The van der Waals surface area contributed by atoms with Crippen molar-refractivity contribution >= 4 is 32.9 Å². The normalized spacial score (nSPS) is 10.9. The molecular weight excluding hydrogens is 354 g/mol. The summed E-state index contributed by atoms with van der Waals surface area (Å²) in [7, 11) is -4.68. The fourth-order valence-corrected chi connectivity index (χ4v) is 2.93. The van der Waals surface area contributed by atoms with Crippen molar-refractivity contribution in [2.75, 3.05) is 0 Å². The summed E-state index contributed by atoms with van der Waals surface area (Å²) in [4.78, 5) is -0.0873. The third kappa shape index (κ3) is 5.33. The van der Waals surface area contributed by atoms with Gasteiger partial charge in [-0.1, -0.05) is 0 Å². The van der Waals surface area contributed by atoms with Gasteiger partial charge in [0.15, 0.2) is 0 Å². The van der Waals surface area contributed by atoms with Crippen molar-refractivity contribution in [1.82, 2.24) is 0 Å². The maximum absolute atomic E-state index is 11.0. The van der Waals surface area contributed by atoms with Crippen LogP contribution in [0.1, 0.15) is 5.56 Å². The SMILES string of the molecule is Cc1cc(SOO[O-])cc2cc(S(=O)(=O)[O-])cc(O)c12.[Na+].[Na+]. The summed E-state index contributed by atoms with van der Waals surface area (Å²) in [5, 5.41) is 23.6. The van der Waals surface area contributed by atoms with Crippen molar-refractivity contribution in [3.05, 3.63) is 29.8 Å². The largest absolute Gasteiger partial charge is 1.00 e. The number of phenols is 1. The van der Waals surface area contributed by atoms with E-state index in [1.54, 1.807) is 13.0 Å². The van der Waals surface area contributed by atoms with Crippen LogP contribution in [0.25, 0.3) is 10.8 Å². The minimum absolute atomic E-state index is 0. The Labute approximate surface area is 175 Å². The fraction of sp³-hybridized carbons (Fsp3) is 0.0909. The van der Waals surface area contributed by atoms with E-state index >= 15 is 0 Å². The third-order valence-corrected chi connectivity index (χ3v) is 3.98. The van der Waals surface area contributed by atoms with Crippen LogP contribution in [-0.2, 0) is 19.5 Å². The minimum atomic E-state index is -4.68. The Hall–Kier alpha value is 0.640. The zero-order valence-corrected chi connectivity index (χ0v) is 17.7. The van der Waals surface area contributed by atoms with E-state index in [2.05, 4.69) is 9.37 Å². The molecule has 0 saturated carbocycles. The molecule has 0 atom stereocenters. The summed E-state index contributed by atoms with van der Waals surface area (Å²) < 4.78 is 37.2. The van der Waals surface area contributed by atoms with Crippen molar-refractivity contribution in [3.63, 3.8) is 0 Å². The first-order chi connectivity index (χ1) is 9.32. The number of phenolic OH excluding ortho intramolecular Hbond substituents is 1. The Bertz CT molecular complexity index is 765. The van der Waals surface area contributed by atoms with Gasteiger partial charge < -0.3 is 14.9 Å². The van der Waals surface area contributed by atoms with Crippen molar-refractivity contribution in [3.8, 4) is 5.75 Å². The zero-order chi connectivity index (χ0) is 14.9. The number of hydrogen-bond donors (Lipinski definition) is 1. The molecule has 0 aliphatic rings. The number of aromatic hydroxyl groups is 1. The number of fused-ring (bicyclic) bond motifs is 1. The molecule has 0 amide bonds. The molecule has 1 N–H and O–H groups in total. The van der Waals surface area contributed by atoms with E-state index in [4.69, 9.17) is 0 Å². The topological polar surface area (TPSA) is 119 Å². The molecule has 0 heterocycles. The zero-order valence-electron chi connectivity index (χ0n) is 12.0. The average molecular weight is 362 g/mol. The quantitative estimate of drug-likeness (QED) is 0.189. The van der Waals surface area contributed by atoms with Crippen LogP contribution >= 0.6 is 12.0 Å². The molecule has 0 spiro atoms. The minimum Gasteiger partial charge on any atom is -0.744 e. The fourth-order valence-electron chi connectivity index (χ4n) is 1.89. The van der Waals surface area contributed by atoms with E-state index in [0.29, 0.717) is 33.3 Å². The number of benzene rings is 2. The van der Waals surface area contributed by atoms with Gasteiger partial charge >= 0.3 is 59.1 Å². The van der Waals surface area contributed by atoms with Gasteiger partial charge in [-0.3, -0.25) is 5.04 Å². The Morgan fingerprint density at radius 2 is 1.82 bits per heavy atom. The van der Waals surface area contributed by atoms with Gasteiger partial charge in [-0.2, -0.15) is 4.33 Å². The van der Waals surface area contributed by atoms with Crippen molar-refractivity contribution in [1.29, 1.82) is 0 Å². The first-order valence-corrected chi connectivity index (χ1v) is 7.34. The standard InChI is InChI=1S/C11H10O7S2.2Na/c1-6-2-8(19-18-17-13)3-7-4-9(20(14,15)16)5-10(12)11(6)7;;/h2-5,12-13H,1H3,(H,14,15,16);;/q;2*+1/p-2. The first kappa shape index (κ1) is 22.6. The molecule has 108 valence electrons. The predicted molar refractivity (Wildman–Crippen MR) is 66.3 cm³/mol. The van der Waals surface area contributed by atoms with Crippen LogP contribution in [0.5, 0.6) is 5.75 Å². The molecular formula is C11H8Na2O7S2. The summed E-state index contributed by atoms with van der Waals surface area (Å²) in [6, 6.07) is 5.12. The maximum Gasteiger partial charge on any atom is 1.00 e. The van der Waals surface area contributed by atoms with Crippen LogP contribution in [0.15, 0.2) is 34.1 Å². The molecule has 2 aromatic rings. The molecule has 0 bridgehead atoms. The van der Waals surface area contributed by atoms with Gasteiger partial charge in [0.25, 0.3) is 0 Å². The summed E-state index contributed by atoms with van der Waals surface area (Å²) in [6.45, 7) is 1.68. The van der Waals surface area contributed by atoms with Crippen LogP contribution in [0.2, 0.25) is 0 Å². The van der Waals surface area contributed by atoms with Gasteiger partial charge in [0.05, 0.1) is 16.9 Å². The molecule has 11 heteroatoms. The Balaban J connectivity index is 0.00000220. The van der Waals surface area contributed by atoms with Crippen LogP contribution in [0.3, 0.4) is 0 Å². The number of hydrogen-bond acceptors (Lipinski definition) is 8. The first-order valence-electron chi connectivity index (χ1n) is 5.19. The summed E-state index contributed by atoms with van der Waals surface area (Å²) in [6.07, 6.45) is 0. The summed E-state index contributed by atoms with van der Waals surface area (Å²) in [5.41, 5.74) is 0.617. The van der Waals surface area contributed by atoms with Gasteiger partial charge in [-0.25, -0.2) is 8.42 Å². The molecule has 0 aliphatic carbocycles. The second-order valence-electron chi connectivity index (χ2n) is 3.95. The molecule has 0 aliphatic heterocycles. The second kappa shape index (κ2) is 9.21. The molecule has 0 radical (unpaired) electrons. The Morgan fingerprint density at radius 1 is 1.18 bits per heavy atom. The summed E-state index contributed by atoms with van der Waals surface area (Å²) in [5.74, 6) is -0.313.